The molecule has 21 heavy (non-hydrogen) atoms. The highest BCUT2D eigenvalue weighted by Crippen LogP contribution is 2.26. The molecule has 0 radical (unpaired) electrons. The largest absolute Gasteiger partial charge is 0.483 e. The summed E-state index contributed by atoms with van der Waals surface area (Å²) in [6, 6.07) is 6.03. The Hall–Kier alpha value is -1.72. The predicted octanol–water partition coefficient (Wildman–Crippen LogP) is 3.84. The lowest BCUT2D eigenvalue weighted by molar-refractivity contribution is 0.273. The summed E-state index contributed by atoms with van der Waals surface area (Å²) in [6.45, 7) is 0.0542. The van der Waals surface area contributed by atoms with Gasteiger partial charge in [-0.3, -0.25) is 0 Å². The van der Waals surface area contributed by atoms with Crippen molar-refractivity contribution < 1.29 is 17.9 Å². The molecule has 0 aromatic heterocycles. The third-order valence-corrected chi connectivity index (χ3v) is 3.24. The van der Waals surface area contributed by atoms with Gasteiger partial charge in [0.25, 0.3) is 0 Å². The first kappa shape index (κ1) is 15.7. The minimum atomic E-state index is -0.828. The van der Waals surface area contributed by atoms with Crippen LogP contribution in [0.15, 0.2) is 30.3 Å². The molecule has 0 aliphatic heterocycles. The molecular weight excluding hydrogens is 303 g/mol. The van der Waals surface area contributed by atoms with Crippen LogP contribution in [0.1, 0.15) is 11.1 Å². The highest BCUT2D eigenvalue weighted by Gasteiger charge is 2.13. The number of nitrogens with two attached hydrogens (primary N) is 1. The predicted molar refractivity (Wildman–Crippen MR) is 74.9 cm³/mol. The minimum absolute atomic E-state index is 0.235. The molecule has 0 bridgehead atoms. The number of hydrogen-bond acceptors (Lipinski definition) is 2. The highest BCUT2D eigenvalue weighted by molar-refractivity contribution is 6.31. The molecule has 0 fully saturated rings. The number of benzene rings is 2. The minimum Gasteiger partial charge on any atom is -0.483 e. The molecule has 0 heterocycles. The molecule has 2 N–H and O–H groups in total. The van der Waals surface area contributed by atoms with Gasteiger partial charge in [-0.1, -0.05) is 11.6 Å². The third-order valence-electron chi connectivity index (χ3n) is 2.87. The first-order valence-electron chi connectivity index (χ1n) is 6.26. The van der Waals surface area contributed by atoms with E-state index >= 15 is 0 Å². The van der Waals surface area contributed by atoms with Crippen LogP contribution in [-0.4, -0.2) is 6.54 Å². The Kier molecular flexibility index (Phi) is 5.09. The second-order valence-corrected chi connectivity index (χ2v) is 4.86. The molecular formula is C15H13ClF3NO. The van der Waals surface area contributed by atoms with Crippen molar-refractivity contribution in [2.24, 2.45) is 5.73 Å². The van der Waals surface area contributed by atoms with E-state index in [1.807, 2.05) is 0 Å². The van der Waals surface area contributed by atoms with E-state index in [2.05, 4.69) is 0 Å². The smallest absolute Gasteiger partial charge is 0.191 e. The van der Waals surface area contributed by atoms with Gasteiger partial charge >= 0.3 is 0 Å². The first-order valence-corrected chi connectivity index (χ1v) is 6.63. The molecule has 0 saturated heterocycles. The van der Waals surface area contributed by atoms with E-state index < -0.39 is 23.2 Å². The van der Waals surface area contributed by atoms with Gasteiger partial charge in [0.05, 0.1) is 0 Å². The van der Waals surface area contributed by atoms with E-state index in [0.29, 0.717) is 17.5 Å². The van der Waals surface area contributed by atoms with Crippen LogP contribution in [0.2, 0.25) is 5.02 Å². The Morgan fingerprint density at radius 3 is 2.33 bits per heavy atom. The Labute approximate surface area is 125 Å². The fraction of sp³-hybridized carbons (Fsp3) is 0.200. The van der Waals surface area contributed by atoms with E-state index in [0.717, 1.165) is 6.07 Å². The van der Waals surface area contributed by atoms with Gasteiger partial charge in [0.15, 0.2) is 17.4 Å². The van der Waals surface area contributed by atoms with Crippen molar-refractivity contribution in [1.29, 1.82) is 0 Å². The second-order valence-electron chi connectivity index (χ2n) is 4.45. The Morgan fingerprint density at radius 2 is 1.71 bits per heavy atom. The van der Waals surface area contributed by atoms with Gasteiger partial charge in [0, 0.05) is 10.6 Å². The van der Waals surface area contributed by atoms with Gasteiger partial charge in [0.2, 0.25) is 0 Å². The van der Waals surface area contributed by atoms with Crippen LogP contribution in [0, 0.1) is 17.5 Å². The third kappa shape index (κ3) is 3.89. The van der Waals surface area contributed by atoms with E-state index in [-0.39, 0.29) is 18.2 Å². The molecule has 0 aliphatic carbocycles. The highest BCUT2D eigenvalue weighted by atomic mass is 35.5. The van der Waals surface area contributed by atoms with Crippen molar-refractivity contribution in [3.05, 3.63) is 63.9 Å². The summed E-state index contributed by atoms with van der Waals surface area (Å²) in [7, 11) is 0. The van der Waals surface area contributed by atoms with E-state index in [1.165, 1.54) is 24.3 Å². The lowest BCUT2D eigenvalue weighted by atomic mass is 10.1. The van der Waals surface area contributed by atoms with Gasteiger partial charge < -0.3 is 10.5 Å². The van der Waals surface area contributed by atoms with Gasteiger partial charge in [-0.25, -0.2) is 13.2 Å². The van der Waals surface area contributed by atoms with E-state index in [9.17, 15) is 13.2 Å². The van der Waals surface area contributed by atoms with E-state index in [4.69, 9.17) is 22.1 Å². The zero-order valence-electron chi connectivity index (χ0n) is 11.0. The maximum atomic E-state index is 13.8. The summed E-state index contributed by atoms with van der Waals surface area (Å²) in [4.78, 5) is 0. The Balaban J connectivity index is 2.18. The van der Waals surface area contributed by atoms with Crippen molar-refractivity contribution >= 4 is 11.6 Å². The first-order chi connectivity index (χ1) is 10.0. The molecule has 6 heteroatoms. The molecule has 112 valence electrons. The van der Waals surface area contributed by atoms with E-state index in [1.54, 1.807) is 0 Å². The van der Waals surface area contributed by atoms with Crippen LogP contribution in [0.4, 0.5) is 13.2 Å². The quantitative estimate of drug-likeness (QED) is 0.910. The van der Waals surface area contributed by atoms with Crippen molar-refractivity contribution in [2.75, 3.05) is 6.54 Å². The fourth-order valence-electron chi connectivity index (χ4n) is 1.87. The molecule has 2 rings (SSSR count). The average Bonchev–Trinajstić information content (AvgIpc) is 2.42. The monoisotopic (exact) mass is 315 g/mol. The van der Waals surface area contributed by atoms with Crippen molar-refractivity contribution in [3.63, 3.8) is 0 Å². The summed E-state index contributed by atoms with van der Waals surface area (Å²) >= 11 is 5.86. The lowest BCUT2D eigenvalue weighted by Gasteiger charge is -2.11. The normalized spacial score (nSPS) is 10.7. The van der Waals surface area contributed by atoms with Crippen molar-refractivity contribution in [3.8, 4) is 5.75 Å². The standard InChI is InChI=1S/C15H13ClF3NO/c16-12-2-1-11(17)7-10(12)8-21-15-13(18)5-9(3-4-20)6-14(15)19/h1-2,5-7H,3-4,8,20H2. The van der Waals surface area contributed by atoms with Crippen LogP contribution >= 0.6 is 11.6 Å². The summed E-state index contributed by atoms with van der Waals surface area (Å²) in [5.74, 6) is -2.68. The van der Waals surface area contributed by atoms with Crippen LogP contribution in [0.25, 0.3) is 0 Å². The Bertz CT molecular complexity index is 626. The number of ether oxygens (including phenoxy) is 1. The van der Waals surface area contributed by atoms with Crippen LogP contribution < -0.4 is 10.5 Å². The Morgan fingerprint density at radius 1 is 1.05 bits per heavy atom. The number of hydrogen-bond donors (Lipinski definition) is 1. The van der Waals surface area contributed by atoms with Gasteiger partial charge in [0.1, 0.15) is 12.4 Å². The van der Waals surface area contributed by atoms with Crippen molar-refractivity contribution in [1.82, 2.24) is 0 Å². The fourth-order valence-corrected chi connectivity index (χ4v) is 2.04. The molecule has 0 atom stereocenters. The number of halogens is 4. The molecule has 2 aromatic rings. The summed E-state index contributed by atoms with van der Waals surface area (Å²) < 4.78 is 45.8. The van der Waals surface area contributed by atoms with Gasteiger partial charge in [-0.05, 0) is 48.9 Å². The zero-order chi connectivity index (χ0) is 15.4. The molecule has 0 saturated carbocycles. The summed E-state index contributed by atoms with van der Waals surface area (Å²) in [5.41, 5.74) is 6.09. The maximum absolute atomic E-state index is 13.8. The average molecular weight is 316 g/mol. The topological polar surface area (TPSA) is 35.2 Å². The van der Waals surface area contributed by atoms with Gasteiger partial charge in [-0.15, -0.1) is 0 Å². The van der Waals surface area contributed by atoms with Crippen LogP contribution in [0.3, 0.4) is 0 Å². The maximum Gasteiger partial charge on any atom is 0.191 e. The lowest BCUT2D eigenvalue weighted by Crippen LogP contribution is -2.05. The SMILES string of the molecule is NCCc1cc(F)c(OCc2cc(F)ccc2Cl)c(F)c1. The number of rotatable bonds is 5. The van der Waals surface area contributed by atoms with Crippen LogP contribution in [-0.2, 0) is 13.0 Å². The summed E-state index contributed by atoms with van der Waals surface area (Å²) in [5, 5.41) is 0.261. The molecule has 0 unspecified atom stereocenters. The summed E-state index contributed by atoms with van der Waals surface area (Å²) in [6.07, 6.45) is 0.365. The van der Waals surface area contributed by atoms with Crippen LogP contribution in [0.5, 0.6) is 5.75 Å². The molecule has 2 aromatic carbocycles. The molecule has 0 amide bonds. The van der Waals surface area contributed by atoms with Crippen molar-refractivity contribution in [2.45, 2.75) is 13.0 Å². The molecule has 2 nitrogen and oxygen atoms in total. The molecule has 0 aliphatic rings. The zero-order valence-corrected chi connectivity index (χ0v) is 11.8. The van der Waals surface area contributed by atoms with Gasteiger partial charge in [-0.2, -0.15) is 0 Å². The molecule has 0 spiro atoms. The second kappa shape index (κ2) is 6.83.